The molecule has 0 bridgehead atoms. The Hall–Kier alpha value is -2.73. The molecule has 0 aliphatic heterocycles. The second kappa shape index (κ2) is 10.1. The van der Waals surface area contributed by atoms with Crippen LogP contribution in [0.3, 0.4) is 0 Å². The molecule has 0 heterocycles. The fourth-order valence-corrected chi connectivity index (χ4v) is 9.51. The third-order valence-corrected chi connectivity index (χ3v) is 12.7. The van der Waals surface area contributed by atoms with Gasteiger partial charge >= 0.3 is 191 Å². The molecule has 0 aromatic heterocycles. The van der Waals surface area contributed by atoms with Gasteiger partial charge in [0.2, 0.25) is 0 Å². The van der Waals surface area contributed by atoms with Crippen molar-refractivity contribution in [2.75, 3.05) is 6.16 Å². The topological polar surface area (TPSA) is 17.1 Å². The minimum absolute atomic E-state index is 0.692. The SMILES string of the molecule is CC(C=O)=CC=CC(C)=CCP(Cl)(c1ccccc1)(c1ccccc1)c1ccccc1. The molecule has 1 nitrogen and oxygen atoms in total. The molecule has 3 heteroatoms. The normalized spacial score (nSPS) is 14.2. The van der Waals surface area contributed by atoms with Gasteiger partial charge in [-0.05, 0) is 0 Å². The van der Waals surface area contributed by atoms with Crippen molar-refractivity contribution in [3.8, 4) is 0 Å². The monoisotopic (exact) mass is 446 g/mol. The van der Waals surface area contributed by atoms with E-state index in [1.807, 2.05) is 36.4 Å². The Morgan fingerprint density at radius 3 is 1.55 bits per heavy atom. The maximum absolute atomic E-state index is 10.8. The molecular weight excluding hydrogens is 419 g/mol. The van der Waals surface area contributed by atoms with Crippen LogP contribution in [0.2, 0.25) is 0 Å². The molecule has 0 saturated carbocycles. The Morgan fingerprint density at radius 1 is 0.742 bits per heavy atom. The van der Waals surface area contributed by atoms with Gasteiger partial charge in [0.15, 0.2) is 0 Å². The first-order chi connectivity index (χ1) is 15.0. The standard InChI is InChI=1S/C28H28ClOP/c1-24(13-12-14-25(2)23-30)21-22-31(29,26-15-6-3-7-16-26,27-17-8-4-9-18-27)28-19-10-5-11-20-28/h3-21,23H,22H2,1-2H3. The van der Waals surface area contributed by atoms with Crippen LogP contribution in [-0.2, 0) is 4.79 Å². The Labute approximate surface area is 190 Å². The van der Waals surface area contributed by atoms with Crippen molar-refractivity contribution in [3.63, 3.8) is 0 Å². The zero-order chi connectivity index (χ0) is 22.2. The van der Waals surface area contributed by atoms with Crippen LogP contribution in [0, 0.1) is 0 Å². The molecule has 0 saturated heterocycles. The maximum atomic E-state index is 10.8. The van der Waals surface area contributed by atoms with E-state index in [-0.39, 0.29) is 0 Å². The molecular formula is C28H28ClOP. The number of halogens is 1. The van der Waals surface area contributed by atoms with Crippen LogP contribution in [0.1, 0.15) is 13.8 Å². The van der Waals surface area contributed by atoms with Crippen molar-refractivity contribution in [1.29, 1.82) is 0 Å². The Kier molecular flexibility index (Phi) is 7.44. The third kappa shape index (κ3) is 4.79. The molecule has 158 valence electrons. The first-order valence-electron chi connectivity index (χ1n) is 10.4. The van der Waals surface area contributed by atoms with Gasteiger partial charge in [-0.3, -0.25) is 0 Å². The van der Waals surface area contributed by atoms with E-state index in [0.29, 0.717) is 11.7 Å². The Morgan fingerprint density at radius 2 is 1.16 bits per heavy atom. The summed E-state index contributed by atoms with van der Waals surface area (Å²) < 4.78 is 0. The van der Waals surface area contributed by atoms with Crippen LogP contribution < -0.4 is 15.9 Å². The summed E-state index contributed by atoms with van der Waals surface area (Å²) in [5.74, 6) is -3.28. The van der Waals surface area contributed by atoms with Gasteiger partial charge in [0.05, 0.1) is 0 Å². The van der Waals surface area contributed by atoms with Crippen LogP contribution >= 0.6 is 17.2 Å². The van der Waals surface area contributed by atoms with Gasteiger partial charge in [-0.2, -0.15) is 0 Å². The van der Waals surface area contributed by atoms with Gasteiger partial charge in [-0.15, -0.1) is 0 Å². The zero-order valence-corrected chi connectivity index (χ0v) is 19.6. The fraction of sp³-hybridized carbons (Fsp3) is 0.107. The molecule has 0 aliphatic rings. The summed E-state index contributed by atoms with van der Waals surface area (Å²) in [5, 5.41) is 3.45. The molecule has 0 unspecified atom stereocenters. The van der Waals surface area contributed by atoms with Crippen molar-refractivity contribution in [1.82, 2.24) is 0 Å². The van der Waals surface area contributed by atoms with E-state index in [1.165, 1.54) is 0 Å². The van der Waals surface area contributed by atoms with Gasteiger partial charge in [0.25, 0.3) is 0 Å². The molecule has 0 amide bonds. The van der Waals surface area contributed by atoms with Gasteiger partial charge in [0, 0.05) is 0 Å². The number of benzene rings is 3. The van der Waals surface area contributed by atoms with Crippen LogP contribution in [-0.4, -0.2) is 12.4 Å². The van der Waals surface area contributed by atoms with Gasteiger partial charge in [0.1, 0.15) is 0 Å². The van der Waals surface area contributed by atoms with Crippen molar-refractivity contribution < 1.29 is 4.79 Å². The summed E-state index contributed by atoms with van der Waals surface area (Å²) in [6, 6.07) is 31.4. The van der Waals surface area contributed by atoms with Gasteiger partial charge < -0.3 is 0 Å². The number of hydrogen-bond donors (Lipinski definition) is 0. The minimum atomic E-state index is -3.28. The van der Waals surface area contributed by atoms with Crippen LogP contribution in [0.25, 0.3) is 0 Å². The summed E-state index contributed by atoms with van der Waals surface area (Å²) in [5.41, 5.74) is 1.80. The Bertz CT molecular complexity index is 1000. The predicted octanol–water partition coefficient (Wildman–Crippen LogP) is 6.32. The second-order valence-corrected chi connectivity index (χ2v) is 14.2. The number of aldehydes is 1. The first-order valence-corrected chi connectivity index (χ1v) is 13.7. The molecule has 0 radical (unpaired) electrons. The van der Waals surface area contributed by atoms with Crippen molar-refractivity contribution in [3.05, 3.63) is 126 Å². The number of carbonyl (C=O) groups excluding carboxylic acids is 1. The van der Waals surface area contributed by atoms with E-state index in [9.17, 15) is 4.79 Å². The summed E-state index contributed by atoms with van der Waals surface area (Å²) in [6.07, 6.45) is 9.51. The Balaban J connectivity index is 2.22. The number of rotatable bonds is 8. The molecule has 0 N–H and O–H groups in total. The molecule has 0 aliphatic carbocycles. The third-order valence-electron chi connectivity index (χ3n) is 5.54. The van der Waals surface area contributed by atoms with Crippen molar-refractivity contribution in [2.24, 2.45) is 0 Å². The zero-order valence-electron chi connectivity index (χ0n) is 18.0. The average Bonchev–Trinajstić information content (AvgIpc) is 2.84. The molecule has 3 aromatic rings. The summed E-state index contributed by atoms with van der Waals surface area (Å²) in [6.45, 7) is 3.86. The molecule has 3 aromatic carbocycles. The summed E-state index contributed by atoms with van der Waals surface area (Å²) in [7, 11) is 0. The molecule has 0 atom stereocenters. The summed E-state index contributed by atoms with van der Waals surface area (Å²) >= 11 is 8.03. The summed E-state index contributed by atoms with van der Waals surface area (Å²) in [4.78, 5) is 10.8. The predicted molar refractivity (Wildman–Crippen MR) is 139 cm³/mol. The quantitative estimate of drug-likeness (QED) is 0.171. The van der Waals surface area contributed by atoms with E-state index < -0.39 is 5.96 Å². The second-order valence-electron chi connectivity index (χ2n) is 7.71. The van der Waals surface area contributed by atoms with Gasteiger partial charge in [-0.1, -0.05) is 0 Å². The van der Waals surface area contributed by atoms with E-state index in [4.69, 9.17) is 11.2 Å². The van der Waals surface area contributed by atoms with Crippen LogP contribution in [0.5, 0.6) is 0 Å². The number of allylic oxidation sites excluding steroid dienone is 6. The molecule has 0 spiro atoms. The molecule has 3 rings (SSSR count). The fourth-order valence-electron chi connectivity index (χ4n) is 3.75. The van der Waals surface area contributed by atoms with E-state index in [2.05, 4.69) is 85.8 Å². The number of hydrogen-bond acceptors (Lipinski definition) is 1. The van der Waals surface area contributed by atoms with Gasteiger partial charge in [-0.25, -0.2) is 0 Å². The first kappa shape index (κ1) is 22.9. The van der Waals surface area contributed by atoms with Crippen molar-refractivity contribution in [2.45, 2.75) is 13.8 Å². The van der Waals surface area contributed by atoms with E-state index in [0.717, 1.165) is 27.8 Å². The molecule has 0 fully saturated rings. The van der Waals surface area contributed by atoms with Crippen LogP contribution in [0.15, 0.2) is 126 Å². The van der Waals surface area contributed by atoms with Crippen LogP contribution in [0.4, 0.5) is 0 Å². The van der Waals surface area contributed by atoms with E-state index >= 15 is 0 Å². The average molecular weight is 447 g/mol. The molecule has 31 heavy (non-hydrogen) atoms. The van der Waals surface area contributed by atoms with E-state index in [1.54, 1.807) is 6.92 Å². The number of carbonyl (C=O) groups is 1. The van der Waals surface area contributed by atoms with Crippen molar-refractivity contribution >= 4 is 39.4 Å².